The molecule has 0 amide bonds. The molecule has 1 atom stereocenters. The van der Waals surface area contributed by atoms with Crippen molar-refractivity contribution < 1.29 is 0 Å². The Labute approximate surface area is 205 Å². The van der Waals surface area contributed by atoms with Crippen LogP contribution < -0.4 is 10.6 Å². The van der Waals surface area contributed by atoms with Gasteiger partial charge in [-0.05, 0) is 59.2 Å². The van der Waals surface area contributed by atoms with Gasteiger partial charge in [-0.3, -0.25) is 0 Å². The van der Waals surface area contributed by atoms with Crippen LogP contribution in [0.1, 0.15) is 144 Å². The molecule has 0 spiro atoms. The fraction of sp³-hybridized carbons (Fsp3) is 0.963. The highest BCUT2D eigenvalue weighted by Crippen LogP contribution is 2.32. The number of azo groups is 1. The molecule has 0 aromatic heterocycles. The smallest absolute Gasteiger partial charge is 0.168 e. The first-order valence-corrected chi connectivity index (χ1v) is 14.2. The number of unbranched alkanes of at least 4 members (excludes halogenated alkanes) is 5. The Morgan fingerprint density at radius 1 is 0.750 bits per heavy atom. The Bertz CT molecular complexity index is 502. The maximum Gasteiger partial charge on any atom is 0.168 e. The third kappa shape index (κ3) is 14.4. The summed E-state index contributed by atoms with van der Waals surface area (Å²) in [6, 6.07) is 0. The highest BCUT2D eigenvalue weighted by atomic mass is 32.1. The molecule has 1 fully saturated rings. The van der Waals surface area contributed by atoms with Crippen LogP contribution >= 0.6 is 12.2 Å². The van der Waals surface area contributed by atoms with Crippen LogP contribution in [-0.4, -0.2) is 22.9 Å². The Morgan fingerprint density at radius 2 is 1.25 bits per heavy atom. The van der Waals surface area contributed by atoms with Crippen LogP contribution in [0.3, 0.4) is 0 Å². The highest BCUT2D eigenvalue weighted by Gasteiger charge is 2.35. The second-order valence-electron chi connectivity index (χ2n) is 11.1. The number of nitrogens with zero attached hydrogens (tertiary/aromatic N) is 2. The van der Waals surface area contributed by atoms with Gasteiger partial charge >= 0.3 is 0 Å². The minimum absolute atomic E-state index is 0.179. The summed E-state index contributed by atoms with van der Waals surface area (Å²) < 4.78 is 0. The van der Waals surface area contributed by atoms with Crippen LogP contribution in [0, 0.1) is 5.92 Å². The topological polar surface area (TPSA) is 48.8 Å². The van der Waals surface area contributed by atoms with E-state index in [0.717, 1.165) is 11.7 Å². The van der Waals surface area contributed by atoms with Crippen LogP contribution in [0.15, 0.2) is 10.2 Å². The van der Waals surface area contributed by atoms with Crippen molar-refractivity contribution in [1.82, 2.24) is 10.6 Å². The number of rotatable bonds is 10. The summed E-state index contributed by atoms with van der Waals surface area (Å²) in [6.07, 6.45) is 22.4. The minimum atomic E-state index is -0.442. The van der Waals surface area contributed by atoms with Gasteiger partial charge in [0.2, 0.25) is 0 Å². The Hall–Kier alpha value is -0.710. The first-order valence-electron chi connectivity index (χ1n) is 13.8. The van der Waals surface area contributed by atoms with Gasteiger partial charge in [-0.2, -0.15) is 10.2 Å². The van der Waals surface area contributed by atoms with Crippen molar-refractivity contribution in [3.05, 3.63) is 0 Å². The van der Waals surface area contributed by atoms with E-state index in [1.54, 1.807) is 0 Å². The predicted octanol–water partition coefficient (Wildman–Crippen LogP) is 8.70. The average molecular weight is 467 g/mol. The van der Waals surface area contributed by atoms with E-state index in [9.17, 15) is 0 Å². The van der Waals surface area contributed by atoms with Crippen LogP contribution in [0.2, 0.25) is 0 Å². The van der Waals surface area contributed by atoms with Crippen molar-refractivity contribution in [3.63, 3.8) is 0 Å². The normalized spacial score (nSPS) is 19.7. The number of hydrogen-bond acceptors (Lipinski definition) is 3. The second-order valence-corrected chi connectivity index (χ2v) is 11.5. The SMILES string of the molecule is CCCCCCCCNC(=S)NC(C)(/N=N/C(C)(C)C)C1CCCCCCCCCCC1. The van der Waals surface area contributed by atoms with E-state index in [1.165, 1.54) is 109 Å². The molecule has 1 saturated carbocycles. The molecule has 0 aromatic carbocycles. The van der Waals surface area contributed by atoms with Crippen molar-refractivity contribution in [1.29, 1.82) is 0 Å². The zero-order valence-corrected chi connectivity index (χ0v) is 22.9. The predicted molar refractivity (Wildman–Crippen MR) is 144 cm³/mol. The van der Waals surface area contributed by atoms with E-state index in [-0.39, 0.29) is 5.54 Å². The van der Waals surface area contributed by atoms with Crippen LogP contribution in [-0.2, 0) is 0 Å². The summed E-state index contributed by atoms with van der Waals surface area (Å²) >= 11 is 5.72. The van der Waals surface area contributed by atoms with Gasteiger partial charge in [-0.15, -0.1) is 0 Å². The summed E-state index contributed by atoms with van der Waals surface area (Å²) in [6.45, 7) is 11.8. The van der Waals surface area contributed by atoms with Crippen molar-refractivity contribution in [2.75, 3.05) is 6.54 Å². The van der Waals surface area contributed by atoms with E-state index in [4.69, 9.17) is 22.4 Å². The second kappa shape index (κ2) is 16.8. The molecule has 32 heavy (non-hydrogen) atoms. The fourth-order valence-corrected chi connectivity index (χ4v) is 4.88. The summed E-state index contributed by atoms with van der Waals surface area (Å²) in [5.74, 6) is 0.460. The lowest BCUT2D eigenvalue weighted by atomic mass is 9.84. The maximum absolute atomic E-state index is 5.72. The molecule has 1 rings (SSSR count). The molecular formula is C27H54N4S. The zero-order chi connectivity index (χ0) is 23.7. The van der Waals surface area contributed by atoms with Gasteiger partial charge in [0.1, 0.15) is 0 Å². The molecule has 1 aliphatic rings. The molecule has 0 bridgehead atoms. The molecule has 0 aliphatic heterocycles. The molecule has 0 aromatic rings. The molecule has 1 unspecified atom stereocenters. The fourth-order valence-electron chi connectivity index (χ4n) is 4.57. The van der Waals surface area contributed by atoms with Crippen LogP contribution in [0.5, 0.6) is 0 Å². The van der Waals surface area contributed by atoms with E-state index < -0.39 is 5.66 Å². The first kappa shape index (κ1) is 29.3. The lowest BCUT2D eigenvalue weighted by Crippen LogP contribution is -2.53. The van der Waals surface area contributed by atoms with Gasteiger partial charge in [0.15, 0.2) is 10.8 Å². The van der Waals surface area contributed by atoms with E-state index in [0.29, 0.717) is 5.92 Å². The summed E-state index contributed by atoms with van der Waals surface area (Å²) in [5, 5.41) is 17.4. The number of hydrogen-bond donors (Lipinski definition) is 2. The molecule has 5 heteroatoms. The quantitative estimate of drug-likeness (QED) is 0.192. The highest BCUT2D eigenvalue weighted by molar-refractivity contribution is 7.80. The van der Waals surface area contributed by atoms with Gasteiger partial charge in [-0.1, -0.05) is 96.8 Å². The van der Waals surface area contributed by atoms with Crippen molar-refractivity contribution >= 4 is 17.3 Å². The summed E-state index contributed by atoms with van der Waals surface area (Å²) in [7, 11) is 0. The maximum atomic E-state index is 5.72. The molecule has 1 aliphatic carbocycles. The van der Waals surface area contributed by atoms with Gasteiger partial charge in [0.05, 0.1) is 5.54 Å². The van der Waals surface area contributed by atoms with E-state index in [2.05, 4.69) is 45.3 Å². The Kier molecular flexibility index (Phi) is 15.4. The molecular weight excluding hydrogens is 412 g/mol. The standard InChI is InChI=1S/C27H54N4S/c1-6-7-8-9-17-20-23-28-25(32)29-27(5,31-30-26(2,3)4)24-21-18-15-13-11-10-12-14-16-19-22-24/h24H,6-23H2,1-5H3,(H2,28,29,32)/b31-30+. The van der Waals surface area contributed by atoms with Gasteiger partial charge in [0, 0.05) is 12.5 Å². The molecule has 4 nitrogen and oxygen atoms in total. The van der Waals surface area contributed by atoms with Crippen LogP contribution in [0.4, 0.5) is 0 Å². The van der Waals surface area contributed by atoms with Crippen molar-refractivity contribution in [2.45, 2.75) is 155 Å². The third-order valence-corrected chi connectivity index (χ3v) is 6.89. The average Bonchev–Trinajstić information content (AvgIpc) is 2.71. The zero-order valence-electron chi connectivity index (χ0n) is 22.1. The lowest BCUT2D eigenvalue weighted by Gasteiger charge is -2.36. The summed E-state index contributed by atoms with van der Waals surface area (Å²) in [5.41, 5.74) is -0.621. The largest absolute Gasteiger partial charge is 0.363 e. The van der Waals surface area contributed by atoms with Crippen molar-refractivity contribution in [3.8, 4) is 0 Å². The van der Waals surface area contributed by atoms with E-state index in [1.807, 2.05) is 0 Å². The summed E-state index contributed by atoms with van der Waals surface area (Å²) in [4.78, 5) is 0. The van der Waals surface area contributed by atoms with Gasteiger partial charge in [0.25, 0.3) is 0 Å². The molecule has 188 valence electrons. The minimum Gasteiger partial charge on any atom is -0.363 e. The van der Waals surface area contributed by atoms with Crippen molar-refractivity contribution in [2.24, 2.45) is 16.1 Å². The molecule has 0 radical (unpaired) electrons. The Morgan fingerprint density at radius 3 is 1.78 bits per heavy atom. The number of nitrogens with one attached hydrogen (secondary N) is 2. The molecule has 2 N–H and O–H groups in total. The van der Waals surface area contributed by atoms with Gasteiger partial charge < -0.3 is 10.6 Å². The van der Waals surface area contributed by atoms with E-state index >= 15 is 0 Å². The number of thiocarbonyl (C=S) groups is 1. The molecule has 0 saturated heterocycles. The molecule has 0 heterocycles. The third-order valence-electron chi connectivity index (χ3n) is 6.64. The van der Waals surface area contributed by atoms with Crippen LogP contribution in [0.25, 0.3) is 0 Å². The monoisotopic (exact) mass is 466 g/mol. The first-order chi connectivity index (χ1) is 15.3. The van der Waals surface area contributed by atoms with Gasteiger partial charge in [-0.25, -0.2) is 0 Å². The Balaban J connectivity index is 2.73. The lowest BCUT2D eigenvalue weighted by molar-refractivity contribution is 0.214.